The molecule has 0 spiro atoms. The van der Waals surface area contributed by atoms with Gasteiger partial charge in [0.05, 0.1) is 19.3 Å². The molecule has 0 aliphatic rings. The van der Waals surface area contributed by atoms with E-state index < -0.39 is 0 Å². The predicted octanol–water partition coefficient (Wildman–Crippen LogP) is 2.38. The Morgan fingerprint density at radius 1 is 1.52 bits per heavy atom. The number of carbonyl (C=O) groups is 1. The normalized spacial score (nSPS) is 12.3. The Bertz CT molecular complexity index is 468. The first-order valence-electron chi connectivity index (χ1n) is 6.92. The van der Waals surface area contributed by atoms with Gasteiger partial charge in [0.2, 0.25) is 5.91 Å². The van der Waals surface area contributed by atoms with Gasteiger partial charge in [-0.25, -0.2) is 0 Å². The molecule has 21 heavy (non-hydrogen) atoms. The average Bonchev–Trinajstić information content (AvgIpc) is 2.44. The molecule has 0 aromatic heterocycles. The van der Waals surface area contributed by atoms with E-state index >= 15 is 0 Å². The van der Waals surface area contributed by atoms with Crippen LogP contribution in [0.5, 0.6) is 5.75 Å². The molecule has 0 bridgehead atoms. The molecule has 1 amide bonds. The number of aliphatic hydroxyl groups is 1. The summed E-state index contributed by atoms with van der Waals surface area (Å²) in [6, 6.07) is 5.31. The molecular formula is C15H23ClN2O3. The van der Waals surface area contributed by atoms with Crippen molar-refractivity contribution in [1.29, 1.82) is 0 Å². The standard InChI is InChI=1S/C15H23ClN2O3/c1-11(5-4-8-19)18(2)10-15(20)17-13-9-12(16)6-7-14(13)21-3/h6-7,9,11,19H,4-5,8,10H2,1-3H3,(H,17,20)/t11-/m0/s1. The Kier molecular flexibility index (Phi) is 7.50. The number of methoxy groups -OCH3 is 1. The number of aliphatic hydroxyl groups excluding tert-OH is 1. The van der Waals surface area contributed by atoms with E-state index in [1.165, 1.54) is 0 Å². The lowest BCUT2D eigenvalue weighted by Crippen LogP contribution is -2.36. The summed E-state index contributed by atoms with van der Waals surface area (Å²) in [5.41, 5.74) is 0.561. The second kappa shape index (κ2) is 8.87. The summed E-state index contributed by atoms with van der Waals surface area (Å²) in [6.07, 6.45) is 1.58. The molecular weight excluding hydrogens is 292 g/mol. The summed E-state index contributed by atoms with van der Waals surface area (Å²) >= 11 is 5.93. The molecule has 0 fully saturated rings. The van der Waals surface area contributed by atoms with Crippen LogP contribution in [-0.2, 0) is 4.79 Å². The fourth-order valence-electron chi connectivity index (χ4n) is 1.96. The highest BCUT2D eigenvalue weighted by Crippen LogP contribution is 2.27. The van der Waals surface area contributed by atoms with Crippen molar-refractivity contribution in [3.05, 3.63) is 23.2 Å². The number of hydrogen-bond acceptors (Lipinski definition) is 4. The van der Waals surface area contributed by atoms with Crippen LogP contribution in [0.3, 0.4) is 0 Å². The van der Waals surface area contributed by atoms with Crippen molar-refractivity contribution in [2.75, 3.05) is 32.6 Å². The van der Waals surface area contributed by atoms with E-state index in [0.29, 0.717) is 16.5 Å². The van der Waals surface area contributed by atoms with Gasteiger partial charge in [-0.05, 0) is 45.0 Å². The lowest BCUT2D eigenvalue weighted by Gasteiger charge is -2.24. The first-order valence-corrected chi connectivity index (χ1v) is 7.30. The molecule has 1 atom stereocenters. The van der Waals surface area contributed by atoms with Crippen LogP contribution in [0, 0.1) is 0 Å². The van der Waals surface area contributed by atoms with Crippen molar-refractivity contribution >= 4 is 23.2 Å². The zero-order valence-electron chi connectivity index (χ0n) is 12.7. The van der Waals surface area contributed by atoms with Crippen LogP contribution in [0.1, 0.15) is 19.8 Å². The van der Waals surface area contributed by atoms with E-state index in [2.05, 4.69) is 5.32 Å². The van der Waals surface area contributed by atoms with Crippen LogP contribution >= 0.6 is 11.6 Å². The number of rotatable bonds is 8. The molecule has 1 rings (SSSR count). The smallest absolute Gasteiger partial charge is 0.238 e. The molecule has 0 saturated heterocycles. The minimum Gasteiger partial charge on any atom is -0.495 e. The van der Waals surface area contributed by atoms with Gasteiger partial charge in [0.1, 0.15) is 5.75 Å². The monoisotopic (exact) mass is 314 g/mol. The zero-order chi connectivity index (χ0) is 15.8. The van der Waals surface area contributed by atoms with Gasteiger partial charge >= 0.3 is 0 Å². The van der Waals surface area contributed by atoms with Gasteiger partial charge in [0.25, 0.3) is 0 Å². The fourth-order valence-corrected chi connectivity index (χ4v) is 2.13. The van der Waals surface area contributed by atoms with Gasteiger partial charge in [-0.2, -0.15) is 0 Å². The van der Waals surface area contributed by atoms with E-state index in [1.807, 2.05) is 18.9 Å². The summed E-state index contributed by atoms with van der Waals surface area (Å²) in [6.45, 7) is 2.47. The summed E-state index contributed by atoms with van der Waals surface area (Å²) in [5, 5.41) is 12.2. The summed E-state index contributed by atoms with van der Waals surface area (Å²) in [7, 11) is 3.43. The van der Waals surface area contributed by atoms with Gasteiger partial charge in [-0.1, -0.05) is 11.6 Å². The minimum atomic E-state index is -0.131. The van der Waals surface area contributed by atoms with Crippen LogP contribution in [0.4, 0.5) is 5.69 Å². The second-order valence-corrected chi connectivity index (χ2v) is 5.46. The van der Waals surface area contributed by atoms with Crippen molar-refractivity contribution in [2.24, 2.45) is 0 Å². The van der Waals surface area contributed by atoms with Gasteiger partial charge in [-0.15, -0.1) is 0 Å². The quantitative estimate of drug-likeness (QED) is 0.773. The van der Waals surface area contributed by atoms with Crippen molar-refractivity contribution in [3.63, 3.8) is 0 Å². The Labute approximate surface area is 130 Å². The number of carbonyl (C=O) groups excluding carboxylic acids is 1. The van der Waals surface area contributed by atoms with Crippen molar-refractivity contribution in [3.8, 4) is 5.75 Å². The average molecular weight is 315 g/mol. The molecule has 0 aliphatic carbocycles. The lowest BCUT2D eigenvalue weighted by molar-refractivity contribution is -0.117. The Morgan fingerprint density at radius 2 is 2.24 bits per heavy atom. The number of hydrogen-bond donors (Lipinski definition) is 2. The number of ether oxygens (including phenoxy) is 1. The Morgan fingerprint density at radius 3 is 2.86 bits per heavy atom. The number of anilines is 1. The fraction of sp³-hybridized carbons (Fsp3) is 0.533. The highest BCUT2D eigenvalue weighted by molar-refractivity contribution is 6.31. The number of likely N-dealkylation sites (N-methyl/N-ethyl adjacent to an activating group) is 1. The number of nitrogens with one attached hydrogen (secondary N) is 1. The molecule has 2 N–H and O–H groups in total. The third kappa shape index (κ3) is 5.91. The summed E-state index contributed by atoms with van der Waals surface area (Å²) in [4.78, 5) is 14.0. The topological polar surface area (TPSA) is 61.8 Å². The van der Waals surface area contributed by atoms with E-state index in [1.54, 1.807) is 25.3 Å². The molecule has 1 aromatic carbocycles. The third-order valence-electron chi connectivity index (χ3n) is 3.36. The number of halogens is 1. The van der Waals surface area contributed by atoms with Crippen LogP contribution in [0.15, 0.2) is 18.2 Å². The summed E-state index contributed by atoms with van der Waals surface area (Å²) in [5.74, 6) is 0.442. The predicted molar refractivity (Wildman–Crippen MR) is 85.0 cm³/mol. The van der Waals surface area contributed by atoms with Crippen molar-refractivity contribution in [2.45, 2.75) is 25.8 Å². The molecule has 1 aromatic rings. The number of benzene rings is 1. The largest absolute Gasteiger partial charge is 0.495 e. The van der Waals surface area contributed by atoms with Gasteiger partial charge in [0.15, 0.2) is 0 Å². The molecule has 0 aliphatic heterocycles. The molecule has 118 valence electrons. The van der Waals surface area contributed by atoms with Gasteiger partial charge in [0, 0.05) is 17.7 Å². The van der Waals surface area contributed by atoms with Crippen LogP contribution in [-0.4, -0.2) is 49.3 Å². The highest BCUT2D eigenvalue weighted by Gasteiger charge is 2.14. The van der Waals surface area contributed by atoms with Gasteiger partial charge in [-0.3, -0.25) is 9.69 Å². The number of amides is 1. The molecule has 0 heterocycles. The van der Waals surface area contributed by atoms with E-state index in [0.717, 1.165) is 12.8 Å². The van der Waals surface area contributed by atoms with Crippen molar-refractivity contribution in [1.82, 2.24) is 4.90 Å². The second-order valence-electron chi connectivity index (χ2n) is 5.02. The SMILES string of the molecule is COc1ccc(Cl)cc1NC(=O)CN(C)[C@@H](C)CCCO. The van der Waals surface area contributed by atoms with Gasteiger partial charge < -0.3 is 15.2 Å². The minimum absolute atomic E-state index is 0.131. The maximum atomic E-state index is 12.1. The maximum Gasteiger partial charge on any atom is 0.238 e. The first-order chi connectivity index (χ1) is 9.97. The molecule has 0 radical (unpaired) electrons. The summed E-state index contributed by atoms with van der Waals surface area (Å²) < 4.78 is 5.19. The molecule has 6 heteroatoms. The molecule has 0 unspecified atom stereocenters. The third-order valence-corrected chi connectivity index (χ3v) is 3.60. The van der Waals surface area contributed by atoms with Crippen molar-refractivity contribution < 1.29 is 14.6 Å². The maximum absolute atomic E-state index is 12.1. The van der Waals surface area contributed by atoms with Crippen LogP contribution < -0.4 is 10.1 Å². The first kappa shape index (κ1) is 17.8. The van der Waals surface area contributed by atoms with E-state index in [4.69, 9.17) is 21.4 Å². The lowest BCUT2D eigenvalue weighted by atomic mass is 10.1. The van der Waals surface area contributed by atoms with Crippen LogP contribution in [0.2, 0.25) is 5.02 Å². The molecule has 5 nitrogen and oxygen atoms in total. The Hall–Kier alpha value is -1.30. The highest BCUT2D eigenvalue weighted by atomic mass is 35.5. The van der Waals surface area contributed by atoms with E-state index in [-0.39, 0.29) is 25.1 Å². The van der Waals surface area contributed by atoms with E-state index in [9.17, 15) is 4.79 Å². The number of nitrogens with zero attached hydrogens (tertiary/aromatic N) is 1. The Balaban J connectivity index is 2.59. The zero-order valence-corrected chi connectivity index (χ0v) is 13.5. The van der Waals surface area contributed by atoms with Crippen LogP contribution in [0.25, 0.3) is 0 Å². The molecule has 0 saturated carbocycles.